The van der Waals surface area contributed by atoms with Crippen molar-refractivity contribution in [1.29, 1.82) is 0 Å². The van der Waals surface area contributed by atoms with E-state index in [2.05, 4.69) is 24.4 Å². The summed E-state index contributed by atoms with van der Waals surface area (Å²) in [4.78, 5) is 2.18. The number of ether oxygens (including phenoxy) is 1. The zero-order chi connectivity index (χ0) is 15.7. The summed E-state index contributed by atoms with van der Waals surface area (Å²) < 4.78 is 42.3. The predicted molar refractivity (Wildman–Crippen MR) is 72.0 cm³/mol. The first kappa shape index (κ1) is 14.8. The van der Waals surface area contributed by atoms with Crippen molar-refractivity contribution < 1.29 is 17.9 Å². The molecule has 1 aromatic heterocycles. The number of fused-ring (bicyclic) bond motifs is 1. The first-order chi connectivity index (χ1) is 10.4. The fourth-order valence-electron chi connectivity index (χ4n) is 2.54. The standard InChI is InChI=1S/C14H15F3N4O/c1-10-18-19-13-9-20(6-7-21(10)13)8-11-2-4-12(5-3-11)22-14(15,16)17/h2-5H,6-9H2,1H3. The molecule has 1 aliphatic heterocycles. The van der Waals surface area contributed by atoms with E-state index in [-0.39, 0.29) is 5.75 Å². The lowest BCUT2D eigenvalue weighted by molar-refractivity contribution is -0.274. The van der Waals surface area contributed by atoms with E-state index in [1.54, 1.807) is 12.1 Å². The van der Waals surface area contributed by atoms with Gasteiger partial charge in [0.15, 0.2) is 0 Å². The molecule has 22 heavy (non-hydrogen) atoms. The van der Waals surface area contributed by atoms with Gasteiger partial charge in [-0.2, -0.15) is 0 Å². The van der Waals surface area contributed by atoms with Gasteiger partial charge in [0.05, 0.1) is 6.54 Å². The average Bonchev–Trinajstić information content (AvgIpc) is 2.81. The molecule has 0 radical (unpaired) electrons. The van der Waals surface area contributed by atoms with Crippen LogP contribution in [0.2, 0.25) is 0 Å². The minimum atomic E-state index is -4.66. The molecule has 8 heteroatoms. The van der Waals surface area contributed by atoms with Gasteiger partial charge in [0.25, 0.3) is 0 Å². The van der Waals surface area contributed by atoms with Crippen molar-refractivity contribution in [3.8, 4) is 5.75 Å². The number of rotatable bonds is 3. The zero-order valence-electron chi connectivity index (χ0n) is 12.0. The Balaban J connectivity index is 1.62. The molecule has 0 bridgehead atoms. The molecule has 2 aromatic rings. The highest BCUT2D eigenvalue weighted by Gasteiger charge is 2.31. The molecular weight excluding hydrogens is 297 g/mol. The molecule has 118 valence electrons. The molecule has 2 heterocycles. The summed E-state index contributed by atoms with van der Waals surface area (Å²) in [5.74, 6) is 1.62. The minimum absolute atomic E-state index is 0.203. The Hall–Kier alpha value is -2.09. The Morgan fingerprint density at radius 1 is 1.14 bits per heavy atom. The topological polar surface area (TPSA) is 43.2 Å². The lowest BCUT2D eigenvalue weighted by atomic mass is 10.2. The van der Waals surface area contributed by atoms with Gasteiger partial charge in [-0.1, -0.05) is 12.1 Å². The van der Waals surface area contributed by atoms with Gasteiger partial charge in [-0.25, -0.2) is 0 Å². The van der Waals surface area contributed by atoms with E-state index >= 15 is 0 Å². The van der Waals surface area contributed by atoms with E-state index in [1.165, 1.54) is 12.1 Å². The van der Waals surface area contributed by atoms with E-state index in [0.29, 0.717) is 13.1 Å². The minimum Gasteiger partial charge on any atom is -0.406 e. The Morgan fingerprint density at radius 2 is 1.86 bits per heavy atom. The number of aryl methyl sites for hydroxylation is 1. The highest BCUT2D eigenvalue weighted by atomic mass is 19.4. The number of benzene rings is 1. The largest absolute Gasteiger partial charge is 0.573 e. The monoisotopic (exact) mass is 312 g/mol. The number of halogens is 3. The summed E-state index contributed by atoms with van der Waals surface area (Å²) in [6.45, 7) is 4.93. The quantitative estimate of drug-likeness (QED) is 0.873. The number of hydrogen-bond donors (Lipinski definition) is 0. The molecule has 0 unspecified atom stereocenters. The normalized spacial score (nSPS) is 15.6. The van der Waals surface area contributed by atoms with Crippen LogP contribution in [0.5, 0.6) is 5.75 Å². The van der Waals surface area contributed by atoms with Crippen LogP contribution in [0.15, 0.2) is 24.3 Å². The molecule has 0 aliphatic carbocycles. The predicted octanol–water partition coefficient (Wildman–Crippen LogP) is 2.50. The van der Waals surface area contributed by atoms with Crippen molar-refractivity contribution in [2.24, 2.45) is 0 Å². The summed E-state index contributed by atoms with van der Waals surface area (Å²) in [6.07, 6.45) is -4.66. The maximum absolute atomic E-state index is 12.1. The summed E-state index contributed by atoms with van der Waals surface area (Å²) in [6, 6.07) is 5.95. The van der Waals surface area contributed by atoms with Crippen LogP contribution < -0.4 is 4.74 Å². The Labute approximate surface area is 125 Å². The van der Waals surface area contributed by atoms with Gasteiger partial charge in [0, 0.05) is 19.6 Å². The van der Waals surface area contributed by atoms with Crippen LogP contribution >= 0.6 is 0 Å². The molecule has 3 rings (SSSR count). The molecule has 0 amide bonds. The van der Waals surface area contributed by atoms with E-state index in [1.807, 2.05) is 6.92 Å². The molecule has 1 aromatic carbocycles. The Kier molecular flexibility index (Phi) is 3.78. The van der Waals surface area contributed by atoms with Gasteiger partial charge in [0.2, 0.25) is 0 Å². The fourth-order valence-corrected chi connectivity index (χ4v) is 2.54. The van der Waals surface area contributed by atoms with Crippen LogP contribution in [-0.4, -0.2) is 32.6 Å². The third kappa shape index (κ3) is 3.38. The Morgan fingerprint density at radius 3 is 2.55 bits per heavy atom. The lowest BCUT2D eigenvalue weighted by Crippen LogP contribution is -2.33. The molecular formula is C14H15F3N4O. The molecule has 0 fully saturated rings. The molecule has 1 aliphatic rings. The Bertz CT molecular complexity index is 651. The van der Waals surface area contributed by atoms with Crippen LogP contribution in [0.25, 0.3) is 0 Å². The van der Waals surface area contributed by atoms with Crippen LogP contribution in [0.1, 0.15) is 17.2 Å². The van der Waals surface area contributed by atoms with E-state index in [4.69, 9.17) is 0 Å². The average molecular weight is 312 g/mol. The number of nitrogens with zero attached hydrogens (tertiary/aromatic N) is 4. The SMILES string of the molecule is Cc1nnc2n1CCN(Cc1ccc(OC(F)(F)F)cc1)C2. The fraction of sp³-hybridized carbons (Fsp3) is 0.429. The second-order valence-corrected chi connectivity index (χ2v) is 5.22. The number of hydrogen-bond acceptors (Lipinski definition) is 4. The van der Waals surface area contributed by atoms with Crippen molar-refractivity contribution >= 4 is 0 Å². The van der Waals surface area contributed by atoms with Gasteiger partial charge < -0.3 is 9.30 Å². The molecule has 0 spiro atoms. The number of aromatic nitrogens is 3. The van der Waals surface area contributed by atoms with Crippen molar-refractivity contribution in [2.75, 3.05) is 6.54 Å². The van der Waals surface area contributed by atoms with Crippen molar-refractivity contribution in [2.45, 2.75) is 32.9 Å². The van der Waals surface area contributed by atoms with Gasteiger partial charge in [-0.15, -0.1) is 23.4 Å². The second kappa shape index (κ2) is 5.60. The van der Waals surface area contributed by atoms with Gasteiger partial charge in [0.1, 0.15) is 17.4 Å². The van der Waals surface area contributed by atoms with Crippen LogP contribution in [0.4, 0.5) is 13.2 Å². The van der Waals surface area contributed by atoms with Gasteiger partial charge in [-0.05, 0) is 24.6 Å². The number of alkyl halides is 3. The highest BCUT2D eigenvalue weighted by Crippen LogP contribution is 2.23. The summed E-state index contributed by atoms with van der Waals surface area (Å²) in [5, 5.41) is 8.18. The first-order valence-corrected chi connectivity index (χ1v) is 6.86. The molecule has 0 saturated heterocycles. The third-order valence-corrected chi connectivity index (χ3v) is 3.58. The zero-order valence-corrected chi connectivity index (χ0v) is 12.0. The second-order valence-electron chi connectivity index (χ2n) is 5.22. The third-order valence-electron chi connectivity index (χ3n) is 3.58. The van der Waals surface area contributed by atoms with Crippen LogP contribution in [0.3, 0.4) is 0 Å². The van der Waals surface area contributed by atoms with Crippen LogP contribution in [-0.2, 0) is 19.6 Å². The summed E-state index contributed by atoms with van der Waals surface area (Å²) in [7, 11) is 0. The molecule has 5 nitrogen and oxygen atoms in total. The molecule has 0 atom stereocenters. The van der Waals surface area contributed by atoms with Crippen molar-refractivity contribution in [1.82, 2.24) is 19.7 Å². The molecule has 0 N–H and O–H groups in total. The maximum atomic E-state index is 12.1. The molecule has 0 saturated carbocycles. The van der Waals surface area contributed by atoms with Crippen molar-refractivity contribution in [3.05, 3.63) is 41.5 Å². The van der Waals surface area contributed by atoms with Crippen LogP contribution in [0, 0.1) is 6.92 Å². The summed E-state index contributed by atoms with van der Waals surface area (Å²) in [5.41, 5.74) is 0.930. The van der Waals surface area contributed by atoms with Crippen molar-refractivity contribution in [3.63, 3.8) is 0 Å². The smallest absolute Gasteiger partial charge is 0.406 e. The van der Waals surface area contributed by atoms with E-state index in [0.717, 1.165) is 30.3 Å². The maximum Gasteiger partial charge on any atom is 0.573 e. The summed E-state index contributed by atoms with van der Waals surface area (Å²) >= 11 is 0. The first-order valence-electron chi connectivity index (χ1n) is 6.86. The van der Waals surface area contributed by atoms with E-state index in [9.17, 15) is 13.2 Å². The van der Waals surface area contributed by atoms with Gasteiger partial charge in [-0.3, -0.25) is 4.90 Å². The highest BCUT2D eigenvalue weighted by molar-refractivity contribution is 5.27. The van der Waals surface area contributed by atoms with E-state index < -0.39 is 6.36 Å². The van der Waals surface area contributed by atoms with Gasteiger partial charge >= 0.3 is 6.36 Å². The lowest BCUT2D eigenvalue weighted by Gasteiger charge is -2.27.